The van der Waals surface area contributed by atoms with Gasteiger partial charge in [0.1, 0.15) is 17.3 Å². The number of amides is 1. The third-order valence-corrected chi connectivity index (χ3v) is 2.50. The fourth-order valence-electron chi connectivity index (χ4n) is 1.47. The van der Waals surface area contributed by atoms with Crippen LogP contribution in [0.3, 0.4) is 0 Å². The zero-order valence-corrected chi connectivity index (χ0v) is 10.9. The van der Waals surface area contributed by atoms with Gasteiger partial charge in [-0.05, 0) is 6.42 Å². The molecular weight excluding hydrogens is 244 g/mol. The van der Waals surface area contributed by atoms with E-state index in [2.05, 4.69) is 32.6 Å². The van der Waals surface area contributed by atoms with Crippen LogP contribution in [0.2, 0.25) is 0 Å². The van der Waals surface area contributed by atoms with Crippen molar-refractivity contribution in [2.24, 2.45) is 7.05 Å². The molecule has 2 aromatic rings. The second kappa shape index (κ2) is 5.94. The lowest BCUT2D eigenvalue weighted by Gasteiger charge is -2.06. The van der Waals surface area contributed by atoms with Crippen LogP contribution < -0.4 is 10.6 Å². The summed E-state index contributed by atoms with van der Waals surface area (Å²) >= 11 is 0. The summed E-state index contributed by atoms with van der Waals surface area (Å²) in [5, 5.41) is 9.77. The Morgan fingerprint density at radius 2 is 2.21 bits per heavy atom. The fraction of sp³-hybridized carbons (Fsp3) is 0.333. The van der Waals surface area contributed by atoms with Crippen LogP contribution in [0.25, 0.3) is 0 Å². The van der Waals surface area contributed by atoms with Gasteiger partial charge in [-0.2, -0.15) is 5.10 Å². The Morgan fingerprint density at radius 1 is 1.37 bits per heavy atom. The van der Waals surface area contributed by atoms with Gasteiger partial charge < -0.3 is 10.6 Å². The number of aromatic nitrogens is 4. The van der Waals surface area contributed by atoms with Crippen LogP contribution in [0, 0.1) is 0 Å². The zero-order chi connectivity index (χ0) is 13.7. The van der Waals surface area contributed by atoms with E-state index in [1.54, 1.807) is 30.2 Å². The number of rotatable bonds is 5. The van der Waals surface area contributed by atoms with Crippen LogP contribution in [0.15, 0.2) is 24.7 Å². The molecule has 0 aliphatic rings. The van der Waals surface area contributed by atoms with Gasteiger partial charge in [0, 0.05) is 19.7 Å². The molecule has 1 amide bonds. The molecule has 7 nitrogen and oxygen atoms in total. The van der Waals surface area contributed by atoms with Gasteiger partial charge in [0.25, 0.3) is 5.91 Å². The minimum Gasteiger partial charge on any atom is -0.369 e. The maximum absolute atomic E-state index is 11.9. The minimum atomic E-state index is -0.307. The van der Waals surface area contributed by atoms with E-state index in [4.69, 9.17) is 0 Å². The van der Waals surface area contributed by atoms with Gasteiger partial charge in [-0.25, -0.2) is 9.97 Å². The lowest BCUT2D eigenvalue weighted by atomic mass is 10.4. The van der Waals surface area contributed by atoms with E-state index in [-0.39, 0.29) is 11.6 Å². The summed E-state index contributed by atoms with van der Waals surface area (Å²) in [6.07, 6.45) is 5.61. The Kier molecular flexibility index (Phi) is 4.07. The standard InChI is InChI=1S/C12H16N6O/c1-3-5-13-10-8-14-9(7-15-10)12(19)17-11-4-6-16-18(11)2/h4,6-8H,3,5H2,1-2H3,(H,13,15)(H,17,19). The predicted molar refractivity (Wildman–Crippen MR) is 72.0 cm³/mol. The topological polar surface area (TPSA) is 84.7 Å². The van der Waals surface area contributed by atoms with E-state index in [1.807, 2.05) is 0 Å². The van der Waals surface area contributed by atoms with E-state index < -0.39 is 0 Å². The van der Waals surface area contributed by atoms with Crippen molar-refractivity contribution in [1.29, 1.82) is 0 Å². The van der Waals surface area contributed by atoms with Crippen molar-refractivity contribution in [2.45, 2.75) is 13.3 Å². The Hall–Kier alpha value is -2.44. The summed E-state index contributed by atoms with van der Waals surface area (Å²) < 4.78 is 1.57. The highest BCUT2D eigenvalue weighted by Crippen LogP contribution is 2.07. The molecule has 2 aromatic heterocycles. The molecule has 2 heterocycles. The molecule has 0 bridgehead atoms. The van der Waals surface area contributed by atoms with Crippen molar-refractivity contribution in [3.05, 3.63) is 30.4 Å². The van der Waals surface area contributed by atoms with E-state index in [0.29, 0.717) is 11.6 Å². The van der Waals surface area contributed by atoms with Crippen molar-refractivity contribution in [3.63, 3.8) is 0 Å². The van der Waals surface area contributed by atoms with Crippen LogP contribution in [0.5, 0.6) is 0 Å². The SMILES string of the molecule is CCCNc1cnc(C(=O)Nc2ccnn2C)cn1. The van der Waals surface area contributed by atoms with E-state index in [1.165, 1.54) is 6.20 Å². The summed E-state index contributed by atoms with van der Waals surface area (Å²) in [5.41, 5.74) is 0.267. The predicted octanol–water partition coefficient (Wildman–Crippen LogP) is 1.28. The fourth-order valence-corrected chi connectivity index (χ4v) is 1.47. The maximum atomic E-state index is 11.9. The van der Waals surface area contributed by atoms with E-state index in [9.17, 15) is 4.79 Å². The number of carbonyl (C=O) groups excluding carboxylic acids is 1. The highest BCUT2D eigenvalue weighted by atomic mass is 16.2. The molecule has 0 unspecified atom stereocenters. The van der Waals surface area contributed by atoms with Crippen molar-refractivity contribution in [1.82, 2.24) is 19.7 Å². The molecule has 0 aliphatic carbocycles. The Labute approximate surface area is 111 Å². The maximum Gasteiger partial charge on any atom is 0.277 e. The highest BCUT2D eigenvalue weighted by Gasteiger charge is 2.10. The first kappa shape index (κ1) is 13.0. The van der Waals surface area contributed by atoms with Crippen LogP contribution >= 0.6 is 0 Å². The molecule has 0 saturated carbocycles. The summed E-state index contributed by atoms with van der Waals surface area (Å²) in [6.45, 7) is 2.89. The zero-order valence-electron chi connectivity index (χ0n) is 10.9. The first-order chi connectivity index (χ1) is 9.20. The number of hydrogen-bond donors (Lipinski definition) is 2. The summed E-state index contributed by atoms with van der Waals surface area (Å²) in [6, 6.07) is 1.71. The molecule has 0 aliphatic heterocycles. The monoisotopic (exact) mass is 260 g/mol. The second-order valence-corrected chi connectivity index (χ2v) is 4.01. The molecule has 2 N–H and O–H groups in total. The van der Waals surface area contributed by atoms with Crippen molar-refractivity contribution < 1.29 is 4.79 Å². The molecule has 0 radical (unpaired) electrons. The molecular formula is C12H16N6O. The Bertz CT molecular complexity index is 548. The van der Waals surface area contributed by atoms with Crippen LogP contribution in [-0.2, 0) is 7.05 Å². The molecule has 19 heavy (non-hydrogen) atoms. The van der Waals surface area contributed by atoms with Gasteiger partial charge in [0.15, 0.2) is 0 Å². The van der Waals surface area contributed by atoms with Gasteiger partial charge >= 0.3 is 0 Å². The van der Waals surface area contributed by atoms with Gasteiger partial charge in [0.05, 0.1) is 18.6 Å². The summed E-state index contributed by atoms with van der Waals surface area (Å²) in [4.78, 5) is 20.1. The number of nitrogens with one attached hydrogen (secondary N) is 2. The molecule has 0 aromatic carbocycles. The minimum absolute atomic E-state index is 0.267. The number of carbonyl (C=O) groups is 1. The summed E-state index contributed by atoms with van der Waals surface area (Å²) in [7, 11) is 1.75. The van der Waals surface area contributed by atoms with Gasteiger partial charge in [-0.15, -0.1) is 0 Å². The van der Waals surface area contributed by atoms with Gasteiger partial charge in [0.2, 0.25) is 0 Å². The number of nitrogens with zero attached hydrogens (tertiary/aromatic N) is 4. The van der Waals surface area contributed by atoms with Gasteiger partial charge in [-0.1, -0.05) is 6.92 Å². The number of anilines is 2. The van der Waals surface area contributed by atoms with Crippen molar-refractivity contribution in [3.8, 4) is 0 Å². The first-order valence-electron chi connectivity index (χ1n) is 6.06. The smallest absolute Gasteiger partial charge is 0.277 e. The lowest BCUT2D eigenvalue weighted by Crippen LogP contribution is -2.16. The molecule has 0 fully saturated rings. The Balaban J connectivity index is 2.01. The van der Waals surface area contributed by atoms with E-state index >= 15 is 0 Å². The molecule has 100 valence electrons. The van der Waals surface area contributed by atoms with E-state index in [0.717, 1.165) is 13.0 Å². The lowest BCUT2D eigenvalue weighted by molar-refractivity contribution is 0.102. The molecule has 0 atom stereocenters. The largest absolute Gasteiger partial charge is 0.369 e. The summed E-state index contributed by atoms with van der Waals surface area (Å²) in [5.74, 6) is 0.969. The molecule has 2 rings (SSSR count). The van der Waals surface area contributed by atoms with Crippen LogP contribution in [-0.4, -0.2) is 32.2 Å². The third kappa shape index (κ3) is 3.27. The van der Waals surface area contributed by atoms with Crippen LogP contribution in [0.4, 0.5) is 11.6 Å². The van der Waals surface area contributed by atoms with Crippen molar-refractivity contribution >= 4 is 17.5 Å². The second-order valence-electron chi connectivity index (χ2n) is 4.01. The molecule has 7 heteroatoms. The average molecular weight is 260 g/mol. The van der Waals surface area contributed by atoms with Gasteiger partial charge in [-0.3, -0.25) is 9.48 Å². The number of hydrogen-bond acceptors (Lipinski definition) is 5. The van der Waals surface area contributed by atoms with Crippen molar-refractivity contribution in [2.75, 3.05) is 17.2 Å². The first-order valence-corrected chi connectivity index (χ1v) is 6.06. The third-order valence-electron chi connectivity index (χ3n) is 2.50. The normalized spacial score (nSPS) is 10.2. The molecule has 0 saturated heterocycles. The molecule has 0 spiro atoms. The number of aryl methyl sites for hydroxylation is 1. The average Bonchev–Trinajstić information content (AvgIpc) is 2.82. The quantitative estimate of drug-likeness (QED) is 0.846. The van der Waals surface area contributed by atoms with Crippen LogP contribution in [0.1, 0.15) is 23.8 Å². The highest BCUT2D eigenvalue weighted by molar-refractivity contribution is 6.02. The Morgan fingerprint density at radius 3 is 2.79 bits per heavy atom.